The highest BCUT2D eigenvalue weighted by molar-refractivity contribution is 5.75. The molecule has 23 heavy (non-hydrogen) atoms. The zero-order valence-corrected chi connectivity index (χ0v) is 14.7. The summed E-state index contributed by atoms with van der Waals surface area (Å²) in [5.74, 6) is 1.88. The molecule has 2 aliphatic heterocycles. The van der Waals surface area contributed by atoms with E-state index in [-0.39, 0.29) is 24.0 Å². The van der Waals surface area contributed by atoms with Crippen LogP contribution < -0.4 is 0 Å². The zero-order valence-electron chi connectivity index (χ0n) is 14.7. The highest BCUT2D eigenvalue weighted by Gasteiger charge is 2.49. The Morgan fingerprint density at radius 1 is 1.26 bits per heavy atom. The summed E-state index contributed by atoms with van der Waals surface area (Å²) in [6, 6.07) is 0. The molecule has 4 bridgehead atoms. The fourth-order valence-electron chi connectivity index (χ4n) is 4.65. The summed E-state index contributed by atoms with van der Waals surface area (Å²) in [6.07, 6.45) is 7.14. The zero-order chi connectivity index (χ0) is 16.6. The summed E-state index contributed by atoms with van der Waals surface area (Å²) < 4.78 is 11.2. The van der Waals surface area contributed by atoms with E-state index in [2.05, 4.69) is 0 Å². The van der Waals surface area contributed by atoms with E-state index in [1.165, 1.54) is 6.42 Å². The third-order valence-electron chi connectivity index (χ3n) is 6.44. The molecule has 0 aromatic rings. The Kier molecular flexibility index (Phi) is 4.70. The van der Waals surface area contributed by atoms with E-state index < -0.39 is 5.41 Å². The molecule has 4 heteroatoms. The molecule has 0 amide bonds. The van der Waals surface area contributed by atoms with Gasteiger partial charge in [0.05, 0.1) is 17.9 Å². The van der Waals surface area contributed by atoms with Gasteiger partial charge in [0.15, 0.2) is 0 Å². The summed E-state index contributed by atoms with van der Waals surface area (Å²) in [6.45, 7) is 6.35. The van der Waals surface area contributed by atoms with Gasteiger partial charge in [-0.15, -0.1) is 0 Å². The van der Waals surface area contributed by atoms with Crippen LogP contribution in [0.25, 0.3) is 0 Å². The molecule has 2 aliphatic carbocycles. The van der Waals surface area contributed by atoms with E-state index >= 15 is 0 Å². The van der Waals surface area contributed by atoms with E-state index in [0.29, 0.717) is 24.4 Å². The molecule has 0 aromatic heterocycles. The topological polar surface area (TPSA) is 52.6 Å². The van der Waals surface area contributed by atoms with Crippen LogP contribution in [0.4, 0.5) is 0 Å². The van der Waals surface area contributed by atoms with Crippen molar-refractivity contribution in [1.29, 1.82) is 0 Å². The fraction of sp³-hybridized carbons (Fsp3) is 0.895. The average molecular weight is 322 g/mol. The van der Waals surface area contributed by atoms with Crippen LogP contribution in [0.3, 0.4) is 0 Å². The standard InChI is InChI=1S/C19H30O4/c1-4-19(2,3)18(21)22-7-5-6-15-13-8-12-9-14(11-13)17(20)23-16(15)10-12/h12-16H,4-11H2,1-3H3. The summed E-state index contributed by atoms with van der Waals surface area (Å²) >= 11 is 0. The minimum atomic E-state index is -0.393. The smallest absolute Gasteiger partial charge is 0.311 e. The number of ether oxygens (including phenoxy) is 2. The maximum atomic E-state index is 12.1. The number of carbonyl (C=O) groups is 2. The highest BCUT2D eigenvalue weighted by atomic mass is 16.5. The van der Waals surface area contributed by atoms with Crippen molar-refractivity contribution >= 4 is 11.9 Å². The third-order valence-corrected chi connectivity index (χ3v) is 6.44. The maximum Gasteiger partial charge on any atom is 0.311 e. The van der Waals surface area contributed by atoms with Gasteiger partial charge in [-0.05, 0) is 76.5 Å². The summed E-state index contributed by atoms with van der Waals surface area (Å²) in [5, 5.41) is 0. The van der Waals surface area contributed by atoms with Crippen LogP contribution >= 0.6 is 0 Å². The predicted molar refractivity (Wildman–Crippen MR) is 86.6 cm³/mol. The molecule has 2 heterocycles. The van der Waals surface area contributed by atoms with Gasteiger partial charge in [-0.25, -0.2) is 0 Å². The number of carbonyl (C=O) groups excluding carboxylic acids is 2. The second kappa shape index (κ2) is 6.45. The van der Waals surface area contributed by atoms with E-state index in [1.54, 1.807) is 0 Å². The van der Waals surface area contributed by atoms with Crippen LogP contribution in [0.2, 0.25) is 0 Å². The Morgan fingerprint density at radius 2 is 2.04 bits per heavy atom. The first-order valence-electron chi connectivity index (χ1n) is 9.28. The van der Waals surface area contributed by atoms with Gasteiger partial charge in [0.2, 0.25) is 0 Å². The minimum absolute atomic E-state index is 0.0424. The van der Waals surface area contributed by atoms with Crippen LogP contribution in [0.5, 0.6) is 0 Å². The molecule has 0 spiro atoms. The van der Waals surface area contributed by atoms with Crippen LogP contribution in [-0.4, -0.2) is 24.6 Å². The van der Waals surface area contributed by atoms with Gasteiger partial charge in [0.1, 0.15) is 6.10 Å². The first kappa shape index (κ1) is 16.8. The van der Waals surface area contributed by atoms with Gasteiger partial charge in [0, 0.05) is 0 Å². The normalized spacial score (nSPS) is 35.8. The maximum absolute atomic E-state index is 12.1. The van der Waals surface area contributed by atoms with Crippen molar-refractivity contribution in [2.45, 2.75) is 71.8 Å². The molecule has 0 aromatic carbocycles. The molecule has 2 saturated carbocycles. The van der Waals surface area contributed by atoms with Crippen molar-refractivity contribution in [3.05, 3.63) is 0 Å². The molecular weight excluding hydrogens is 292 g/mol. The SMILES string of the molecule is CCC(C)(C)C(=O)OCCCC1C2CC3CC(C2)C(=O)OC1C3. The Balaban J connectivity index is 1.49. The van der Waals surface area contributed by atoms with Gasteiger partial charge in [0.25, 0.3) is 0 Å². The van der Waals surface area contributed by atoms with E-state index in [4.69, 9.17) is 9.47 Å². The van der Waals surface area contributed by atoms with Crippen molar-refractivity contribution in [3.63, 3.8) is 0 Å². The molecule has 0 radical (unpaired) electrons. The van der Waals surface area contributed by atoms with E-state index in [9.17, 15) is 9.59 Å². The van der Waals surface area contributed by atoms with Crippen LogP contribution in [0, 0.1) is 29.1 Å². The third kappa shape index (κ3) is 3.41. The van der Waals surface area contributed by atoms with Gasteiger partial charge in [-0.3, -0.25) is 9.59 Å². The fourth-order valence-corrected chi connectivity index (χ4v) is 4.65. The molecule has 130 valence electrons. The lowest BCUT2D eigenvalue weighted by Gasteiger charge is -2.42. The summed E-state index contributed by atoms with van der Waals surface area (Å²) in [7, 11) is 0. The molecule has 4 fully saturated rings. The lowest BCUT2D eigenvalue weighted by Crippen LogP contribution is -2.38. The number of fused-ring (bicyclic) bond motifs is 1. The second-order valence-electron chi connectivity index (χ2n) is 8.42. The van der Waals surface area contributed by atoms with Gasteiger partial charge in [-0.2, -0.15) is 0 Å². The van der Waals surface area contributed by atoms with Crippen molar-refractivity contribution in [1.82, 2.24) is 0 Å². The molecule has 4 rings (SSSR count). The predicted octanol–water partition coefficient (Wildman–Crippen LogP) is 3.72. The van der Waals surface area contributed by atoms with Crippen LogP contribution in [0.1, 0.15) is 65.7 Å². The van der Waals surface area contributed by atoms with Crippen molar-refractivity contribution < 1.29 is 19.1 Å². The van der Waals surface area contributed by atoms with Gasteiger partial charge in [-0.1, -0.05) is 6.92 Å². The number of esters is 2. The van der Waals surface area contributed by atoms with E-state index in [0.717, 1.165) is 38.5 Å². The molecule has 4 aliphatic rings. The lowest BCUT2D eigenvalue weighted by atomic mass is 9.62. The minimum Gasteiger partial charge on any atom is -0.465 e. The number of hydrogen-bond acceptors (Lipinski definition) is 4. The summed E-state index contributed by atoms with van der Waals surface area (Å²) in [4.78, 5) is 24.1. The largest absolute Gasteiger partial charge is 0.465 e. The van der Waals surface area contributed by atoms with Gasteiger partial charge < -0.3 is 9.47 Å². The number of hydrogen-bond donors (Lipinski definition) is 0. The molecule has 5 unspecified atom stereocenters. The molecule has 4 nitrogen and oxygen atoms in total. The monoisotopic (exact) mass is 322 g/mol. The molecule has 2 saturated heterocycles. The Labute approximate surface area is 139 Å². The van der Waals surface area contributed by atoms with E-state index in [1.807, 2.05) is 20.8 Å². The highest BCUT2D eigenvalue weighted by Crippen LogP contribution is 2.51. The molecule has 5 atom stereocenters. The first-order valence-corrected chi connectivity index (χ1v) is 9.28. The van der Waals surface area contributed by atoms with Crippen molar-refractivity contribution in [3.8, 4) is 0 Å². The van der Waals surface area contributed by atoms with Crippen molar-refractivity contribution in [2.24, 2.45) is 29.1 Å². The van der Waals surface area contributed by atoms with Gasteiger partial charge >= 0.3 is 11.9 Å². The van der Waals surface area contributed by atoms with Crippen LogP contribution in [0.15, 0.2) is 0 Å². The number of rotatable bonds is 6. The molecule has 0 N–H and O–H groups in total. The Hall–Kier alpha value is -1.06. The quantitative estimate of drug-likeness (QED) is 0.552. The van der Waals surface area contributed by atoms with Crippen LogP contribution in [-0.2, 0) is 19.1 Å². The first-order chi connectivity index (χ1) is 10.9. The summed E-state index contributed by atoms with van der Waals surface area (Å²) in [5.41, 5.74) is -0.393. The second-order valence-corrected chi connectivity index (χ2v) is 8.42. The Bertz CT molecular complexity index is 470. The molecular formula is C19H30O4. The lowest BCUT2D eigenvalue weighted by molar-refractivity contribution is -0.154. The van der Waals surface area contributed by atoms with Crippen molar-refractivity contribution in [2.75, 3.05) is 6.61 Å². The average Bonchev–Trinajstić information content (AvgIpc) is 2.67. The Morgan fingerprint density at radius 3 is 2.78 bits per heavy atom.